The molecule has 1 heterocycles. The third-order valence-electron chi connectivity index (χ3n) is 4.59. The molecule has 25 heavy (non-hydrogen) atoms. The Morgan fingerprint density at radius 3 is 2.60 bits per heavy atom. The number of amides is 2. The largest absolute Gasteiger partial charge is 0.312 e. The molecule has 0 N–H and O–H groups in total. The first-order valence-corrected chi connectivity index (χ1v) is 8.82. The van der Waals surface area contributed by atoms with Crippen molar-refractivity contribution >= 4 is 34.8 Å². The van der Waals surface area contributed by atoms with Gasteiger partial charge in [0.15, 0.2) is 0 Å². The lowest BCUT2D eigenvalue weighted by Gasteiger charge is -2.24. The number of hydrogen-bond acceptors (Lipinski definition) is 2. The summed E-state index contributed by atoms with van der Waals surface area (Å²) < 4.78 is 0. The topological polar surface area (TPSA) is 40.6 Å². The van der Waals surface area contributed by atoms with Crippen LogP contribution in [0.4, 0.5) is 11.4 Å². The number of benzene rings is 2. The second-order valence-electron chi connectivity index (χ2n) is 6.26. The highest BCUT2D eigenvalue weighted by Crippen LogP contribution is 2.30. The Kier molecular flexibility index (Phi) is 5.09. The molecule has 2 aromatic carbocycles. The molecule has 1 atom stereocenters. The highest BCUT2D eigenvalue weighted by atomic mass is 35.5. The zero-order chi connectivity index (χ0) is 18.0. The van der Waals surface area contributed by atoms with Gasteiger partial charge in [-0.15, -0.1) is 0 Å². The molecule has 1 unspecified atom stereocenters. The Labute approximate surface area is 153 Å². The number of hydrogen-bond donors (Lipinski definition) is 0. The zero-order valence-corrected chi connectivity index (χ0v) is 15.2. The van der Waals surface area contributed by atoms with Crippen LogP contribution < -0.4 is 9.80 Å². The van der Waals surface area contributed by atoms with Crippen LogP contribution in [0.2, 0.25) is 5.02 Å². The average Bonchev–Trinajstić information content (AvgIpc) is 3.01. The van der Waals surface area contributed by atoms with E-state index in [1.807, 2.05) is 56.3 Å². The third-order valence-corrected chi connectivity index (χ3v) is 5.00. The molecule has 4 nitrogen and oxygen atoms in total. The fraction of sp³-hybridized carbons (Fsp3) is 0.300. The summed E-state index contributed by atoms with van der Waals surface area (Å²) in [5, 5.41) is 0.625. The Morgan fingerprint density at radius 2 is 1.96 bits per heavy atom. The summed E-state index contributed by atoms with van der Waals surface area (Å²) in [4.78, 5) is 28.8. The van der Waals surface area contributed by atoms with Gasteiger partial charge in [-0.3, -0.25) is 9.59 Å². The van der Waals surface area contributed by atoms with E-state index in [1.165, 1.54) is 0 Å². The van der Waals surface area contributed by atoms with Gasteiger partial charge in [0.05, 0.1) is 5.92 Å². The van der Waals surface area contributed by atoms with Crippen LogP contribution in [0.1, 0.15) is 18.9 Å². The molecule has 2 amide bonds. The second kappa shape index (κ2) is 7.28. The minimum absolute atomic E-state index is 0.0113. The maximum Gasteiger partial charge on any atom is 0.232 e. The van der Waals surface area contributed by atoms with Crippen LogP contribution in [0.3, 0.4) is 0 Å². The van der Waals surface area contributed by atoms with E-state index < -0.39 is 0 Å². The minimum Gasteiger partial charge on any atom is -0.312 e. The SMILES string of the molecule is CCN(C(=O)C1CC(=O)N(c2ccc(C)c(Cl)c2)C1)c1ccccc1. The molecule has 0 bridgehead atoms. The normalized spacial score (nSPS) is 17.0. The summed E-state index contributed by atoms with van der Waals surface area (Å²) in [6, 6.07) is 15.1. The van der Waals surface area contributed by atoms with Gasteiger partial charge in [0.1, 0.15) is 0 Å². The molecule has 1 aliphatic heterocycles. The van der Waals surface area contributed by atoms with E-state index in [0.717, 1.165) is 16.9 Å². The summed E-state index contributed by atoms with van der Waals surface area (Å²) in [5.74, 6) is -0.391. The number of rotatable bonds is 4. The first kappa shape index (κ1) is 17.5. The highest BCUT2D eigenvalue weighted by molar-refractivity contribution is 6.31. The number of aryl methyl sites for hydroxylation is 1. The fourth-order valence-electron chi connectivity index (χ4n) is 3.17. The molecule has 130 valence electrons. The average molecular weight is 357 g/mol. The van der Waals surface area contributed by atoms with Gasteiger partial charge in [-0.1, -0.05) is 35.9 Å². The number of para-hydroxylation sites is 1. The van der Waals surface area contributed by atoms with Crippen LogP contribution >= 0.6 is 11.6 Å². The Bertz CT molecular complexity index is 792. The van der Waals surface area contributed by atoms with Gasteiger partial charge in [0.2, 0.25) is 11.8 Å². The molecule has 0 spiro atoms. The van der Waals surface area contributed by atoms with Gasteiger partial charge in [-0.2, -0.15) is 0 Å². The van der Waals surface area contributed by atoms with Crippen molar-refractivity contribution in [2.45, 2.75) is 20.3 Å². The summed E-state index contributed by atoms with van der Waals surface area (Å²) in [6.07, 6.45) is 0.230. The summed E-state index contributed by atoms with van der Waals surface area (Å²) in [6.45, 7) is 4.83. The molecule has 3 rings (SSSR count). The lowest BCUT2D eigenvalue weighted by molar-refractivity contribution is -0.124. The lowest BCUT2D eigenvalue weighted by atomic mass is 10.1. The molecule has 0 aromatic heterocycles. The molecular formula is C20H21ClN2O2. The van der Waals surface area contributed by atoms with E-state index in [4.69, 9.17) is 11.6 Å². The van der Waals surface area contributed by atoms with Crippen molar-refractivity contribution in [1.29, 1.82) is 0 Å². The Balaban J connectivity index is 1.79. The van der Waals surface area contributed by atoms with Crippen molar-refractivity contribution < 1.29 is 9.59 Å². The van der Waals surface area contributed by atoms with Crippen molar-refractivity contribution in [1.82, 2.24) is 0 Å². The molecule has 2 aromatic rings. The number of carbonyl (C=O) groups excluding carboxylic acids is 2. The van der Waals surface area contributed by atoms with E-state index >= 15 is 0 Å². The summed E-state index contributed by atoms with van der Waals surface area (Å²) in [7, 11) is 0. The van der Waals surface area contributed by atoms with Gasteiger partial charge >= 0.3 is 0 Å². The Hall–Kier alpha value is -2.33. The molecule has 1 fully saturated rings. The van der Waals surface area contributed by atoms with Crippen molar-refractivity contribution in [2.75, 3.05) is 22.9 Å². The van der Waals surface area contributed by atoms with Crippen LogP contribution in [-0.4, -0.2) is 24.9 Å². The lowest BCUT2D eigenvalue weighted by Crippen LogP contribution is -2.37. The highest BCUT2D eigenvalue weighted by Gasteiger charge is 2.37. The van der Waals surface area contributed by atoms with E-state index in [-0.39, 0.29) is 24.2 Å². The van der Waals surface area contributed by atoms with Crippen LogP contribution in [0.15, 0.2) is 48.5 Å². The van der Waals surface area contributed by atoms with Crippen molar-refractivity contribution in [3.63, 3.8) is 0 Å². The van der Waals surface area contributed by atoms with Crippen LogP contribution in [0.25, 0.3) is 0 Å². The van der Waals surface area contributed by atoms with E-state index in [9.17, 15) is 9.59 Å². The summed E-state index contributed by atoms with van der Waals surface area (Å²) >= 11 is 6.18. The summed E-state index contributed by atoms with van der Waals surface area (Å²) in [5.41, 5.74) is 2.57. The van der Waals surface area contributed by atoms with Gasteiger partial charge in [-0.25, -0.2) is 0 Å². The van der Waals surface area contributed by atoms with Crippen molar-refractivity contribution in [3.8, 4) is 0 Å². The van der Waals surface area contributed by atoms with Gasteiger partial charge in [0.25, 0.3) is 0 Å². The molecule has 0 radical (unpaired) electrons. The number of carbonyl (C=O) groups is 2. The minimum atomic E-state index is -0.340. The van der Waals surface area contributed by atoms with Gasteiger partial charge in [0, 0.05) is 35.9 Å². The zero-order valence-electron chi connectivity index (χ0n) is 14.4. The van der Waals surface area contributed by atoms with E-state index in [0.29, 0.717) is 18.1 Å². The predicted molar refractivity (Wildman–Crippen MR) is 101 cm³/mol. The van der Waals surface area contributed by atoms with E-state index in [2.05, 4.69) is 0 Å². The number of halogens is 1. The maximum atomic E-state index is 12.9. The standard InChI is InChI=1S/C20H21ClN2O2/c1-3-22(16-7-5-4-6-8-16)20(25)15-11-19(24)23(13-15)17-10-9-14(2)18(21)12-17/h4-10,12,15H,3,11,13H2,1-2H3. The van der Waals surface area contributed by atoms with Crippen LogP contribution in [0, 0.1) is 12.8 Å². The number of nitrogens with zero attached hydrogens (tertiary/aromatic N) is 2. The molecule has 5 heteroatoms. The molecule has 1 saturated heterocycles. The van der Waals surface area contributed by atoms with Gasteiger partial charge < -0.3 is 9.80 Å². The molecule has 0 saturated carbocycles. The Morgan fingerprint density at radius 1 is 1.24 bits per heavy atom. The second-order valence-corrected chi connectivity index (χ2v) is 6.66. The maximum absolute atomic E-state index is 12.9. The fourth-order valence-corrected chi connectivity index (χ4v) is 3.34. The van der Waals surface area contributed by atoms with Crippen molar-refractivity contribution in [3.05, 3.63) is 59.1 Å². The quantitative estimate of drug-likeness (QED) is 0.829. The third kappa shape index (κ3) is 3.54. The van der Waals surface area contributed by atoms with Gasteiger partial charge in [-0.05, 0) is 43.7 Å². The molecule has 1 aliphatic rings. The molecular weight excluding hydrogens is 336 g/mol. The first-order chi connectivity index (χ1) is 12.0. The predicted octanol–water partition coefficient (Wildman–Crippen LogP) is 4.05. The molecule has 0 aliphatic carbocycles. The smallest absolute Gasteiger partial charge is 0.232 e. The van der Waals surface area contributed by atoms with Crippen LogP contribution in [-0.2, 0) is 9.59 Å². The van der Waals surface area contributed by atoms with E-state index in [1.54, 1.807) is 15.9 Å². The van der Waals surface area contributed by atoms with Crippen molar-refractivity contribution in [2.24, 2.45) is 5.92 Å². The monoisotopic (exact) mass is 356 g/mol. The number of anilines is 2. The first-order valence-electron chi connectivity index (χ1n) is 8.44. The van der Waals surface area contributed by atoms with Crippen LogP contribution in [0.5, 0.6) is 0 Å².